The molecule has 0 aliphatic carbocycles. The molecule has 1 aliphatic heterocycles. The van der Waals surface area contributed by atoms with Crippen molar-refractivity contribution in [3.8, 4) is 0 Å². The maximum Gasteiger partial charge on any atom is 0.274 e. The zero-order chi connectivity index (χ0) is 14.7. The summed E-state index contributed by atoms with van der Waals surface area (Å²) in [6.45, 7) is 2.12. The lowest BCUT2D eigenvalue weighted by Crippen LogP contribution is -2.13. The van der Waals surface area contributed by atoms with Gasteiger partial charge in [-0.15, -0.1) is 12.4 Å². The summed E-state index contributed by atoms with van der Waals surface area (Å²) >= 11 is 3.30. The molecule has 22 heavy (non-hydrogen) atoms. The number of carbonyl (C=O) groups excluding carboxylic acids is 1. The number of anilines is 1. The van der Waals surface area contributed by atoms with Crippen LogP contribution in [0.25, 0.3) is 0 Å². The molecule has 2 heterocycles. The van der Waals surface area contributed by atoms with Gasteiger partial charge in [0.05, 0.1) is 0 Å². The van der Waals surface area contributed by atoms with Gasteiger partial charge in [0.25, 0.3) is 5.91 Å². The van der Waals surface area contributed by atoms with E-state index in [4.69, 9.17) is 0 Å². The summed E-state index contributed by atoms with van der Waals surface area (Å²) < 4.78 is 0.855. The number of pyridine rings is 1. The molecule has 1 unspecified atom stereocenters. The van der Waals surface area contributed by atoms with Gasteiger partial charge in [-0.2, -0.15) is 0 Å². The summed E-state index contributed by atoms with van der Waals surface area (Å²) in [5.74, 6) is 0.390. The molecule has 0 radical (unpaired) electrons. The molecule has 2 aromatic rings. The minimum atomic E-state index is -0.196. The zero-order valence-electron chi connectivity index (χ0n) is 11.9. The van der Waals surface area contributed by atoms with Crippen LogP contribution in [-0.4, -0.2) is 24.0 Å². The molecule has 6 heteroatoms. The number of nitrogens with one attached hydrogen (secondary N) is 2. The lowest BCUT2D eigenvalue weighted by molar-refractivity contribution is 0.102. The Balaban J connectivity index is 0.00000176. The fourth-order valence-corrected chi connectivity index (χ4v) is 2.72. The maximum absolute atomic E-state index is 12.1. The molecule has 4 nitrogen and oxygen atoms in total. The van der Waals surface area contributed by atoms with E-state index in [-0.39, 0.29) is 18.3 Å². The van der Waals surface area contributed by atoms with Crippen molar-refractivity contribution < 1.29 is 4.79 Å². The summed E-state index contributed by atoms with van der Waals surface area (Å²) in [6.07, 6.45) is 2.79. The largest absolute Gasteiger partial charge is 0.321 e. The molecule has 116 valence electrons. The highest BCUT2D eigenvalue weighted by molar-refractivity contribution is 9.10. The Hall–Kier alpha value is -1.43. The van der Waals surface area contributed by atoms with Crippen LogP contribution < -0.4 is 10.6 Å². The van der Waals surface area contributed by atoms with E-state index in [1.807, 2.05) is 12.1 Å². The first-order valence-electron chi connectivity index (χ1n) is 6.96. The number of rotatable bonds is 3. The minimum absolute atomic E-state index is 0. The van der Waals surface area contributed by atoms with Crippen LogP contribution in [0.3, 0.4) is 0 Å². The van der Waals surface area contributed by atoms with E-state index in [2.05, 4.69) is 43.7 Å². The Labute approximate surface area is 144 Å². The second kappa shape index (κ2) is 7.72. The highest BCUT2D eigenvalue weighted by Crippen LogP contribution is 2.23. The van der Waals surface area contributed by atoms with E-state index in [1.54, 1.807) is 18.3 Å². The number of nitrogens with zero attached hydrogens (tertiary/aromatic N) is 1. The van der Waals surface area contributed by atoms with Crippen molar-refractivity contribution in [2.75, 3.05) is 18.4 Å². The first-order valence-corrected chi connectivity index (χ1v) is 7.75. The highest BCUT2D eigenvalue weighted by Gasteiger charge is 2.16. The van der Waals surface area contributed by atoms with Crippen molar-refractivity contribution in [1.29, 1.82) is 0 Å². The number of benzene rings is 1. The average molecular weight is 383 g/mol. The van der Waals surface area contributed by atoms with Gasteiger partial charge in [-0.3, -0.25) is 4.79 Å². The minimum Gasteiger partial charge on any atom is -0.321 e. The predicted octanol–water partition coefficient (Wildman–Crippen LogP) is 3.60. The van der Waals surface area contributed by atoms with E-state index in [9.17, 15) is 4.79 Å². The lowest BCUT2D eigenvalue weighted by atomic mass is 9.98. The van der Waals surface area contributed by atoms with Gasteiger partial charge in [0.15, 0.2) is 0 Å². The van der Waals surface area contributed by atoms with Gasteiger partial charge >= 0.3 is 0 Å². The number of aromatic nitrogens is 1. The maximum atomic E-state index is 12.1. The summed E-state index contributed by atoms with van der Waals surface area (Å²) in [5.41, 5.74) is 2.52. The molecule has 0 saturated carbocycles. The van der Waals surface area contributed by atoms with Crippen LogP contribution in [0.5, 0.6) is 0 Å². The van der Waals surface area contributed by atoms with Gasteiger partial charge in [0.2, 0.25) is 0 Å². The molecule has 1 fully saturated rings. The number of hydrogen-bond acceptors (Lipinski definition) is 3. The normalized spacial score (nSPS) is 16.9. The summed E-state index contributed by atoms with van der Waals surface area (Å²) in [6, 6.07) is 11.6. The van der Waals surface area contributed by atoms with Crippen molar-refractivity contribution in [2.45, 2.75) is 12.3 Å². The third-order valence-electron chi connectivity index (χ3n) is 3.66. The van der Waals surface area contributed by atoms with Gasteiger partial charge in [0.1, 0.15) is 5.69 Å². The number of amides is 1. The van der Waals surface area contributed by atoms with Gasteiger partial charge in [-0.05, 0) is 64.6 Å². The Kier molecular flexibility index (Phi) is 5.94. The zero-order valence-corrected chi connectivity index (χ0v) is 14.3. The van der Waals surface area contributed by atoms with Crippen molar-refractivity contribution >= 4 is 39.9 Å². The van der Waals surface area contributed by atoms with Crippen LogP contribution in [0.1, 0.15) is 28.4 Å². The molecular weight excluding hydrogens is 366 g/mol. The average Bonchev–Trinajstić information content (AvgIpc) is 3.03. The Morgan fingerprint density at radius 2 is 2.00 bits per heavy atom. The molecule has 0 spiro atoms. The standard InChI is InChI=1S/C16H16BrN3O.ClH/c17-13-3-6-15(19-10-13)16(21)20-14-4-1-11(2-5-14)12-7-8-18-9-12;/h1-6,10,12,18H,7-9H2,(H,20,21);1H. The molecule has 1 amide bonds. The fourth-order valence-electron chi connectivity index (χ4n) is 2.48. The van der Waals surface area contributed by atoms with Crippen LogP contribution in [0.15, 0.2) is 47.1 Å². The lowest BCUT2D eigenvalue weighted by Gasteiger charge is -2.10. The van der Waals surface area contributed by atoms with Gasteiger partial charge in [0, 0.05) is 22.9 Å². The van der Waals surface area contributed by atoms with E-state index >= 15 is 0 Å². The number of hydrogen-bond donors (Lipinski definition) is 2. The first kappa shape index (κ1) is 16.9. The van der Waals surface area contributed by atoms with Crippen molar-refractivity contribution in [2.24, 2.45) is 0 Å². The molecule has 1 atom stereocenters. The Morgan fingerprint density at radius 3 is 2.59 bits per heavy atom. The van der Waals surface area contributed by atoms with Crippen LogP contribution in [0.4, 0.5) is 5.69 Å². The topological polar surface area (TPSA) is 54.0 Å². The number of halogens is 2. The molecule has 1 saturated heterocycles. The molecular formula is C16H17BrClN3O. The molecule has 2 N–H and O–H groups in total. The second-order valence-corrected chi connectivity index (χ2v) is 6.04. The second-order valence-electron chi connectivity index (χ2n) is 5.13. The van der Waals surface area contributed by atoms with Crippen LogP contribution in [0.2, 0.25) is 0 Å². The molecule has 1 aliphatic rings. The third-order valence-corrected chi connectivity index (χ3v) is 4.13. The van der Waals surface area contributed by atoms with E-state index in [0.717, 1.165) is 23.2 Å². The van der Waals surface area contributed by atoms with Crippen LogP contribution in [-0.2, 0) is 0 Å². The fraction of sp³-hybridized carbons (Fsp3) is 0.250. The summed E-state index contributed by atoms with van der Waals surface area (Å²) in [7, 11) is 0. The number of carbonyl (C=O) groups is 1. The van der Waals surface area contributed by atoms with E-state index in [0.29, 0.717) is 11.6 Å². The third kappa shape index (κ3) is 4.06. The summed E-state index contributed by atoms with van der Waals surface area (Å²) in [4.78, 5) is 16.2. The SMILES string of the molecule is Cl.O=C(Nc1ccc(C2CCNC2)cc1)c1ccc(Br)cn1. The van der Waals surface area contributed by atoms with Gasteiger partial charge in [-0.25, -0.2) is 4.98 Å². The van der Waals surface area contributed by atoms with E-state index in [1.165, 1.54) is 12.0 Å². The van der Waals surface area contributed by atoms with Gasteiger partial charge < -0.3 is 10.6 Å². The quantitative estimate of drug-likeness (QED) is 0.853. The molecule has 0 bridgehead atoms. The smallest absolute Gasteiger partial charge is 0.274 e. The molecule has 1 aromatic carbocycles. The summed E-state index contributed by atoms with van der Waals surface area (Å²) in [5, 5.41) is 6.22. The van der Waals surface area contributed by atoms with Gasteiger partial charge in [-0.1, -0.05) is 12.1 Å². The monoisotopic (exact) mass is 381 g/mol. The van der Waals surface area contributed by atoms with Crippen molar-refractivity contribution in [3.05, 3.63) is 58.3 Å². The molecule has 1 aromatic heterocycles. The van der Waals surface area contributed by atoms with E-state index < -0.39 is 0 Å². The Morgan fingerprint density at radius 1 is 1.23 bits per heavy atom. The molecule has 3 rings (SSSR count). The Bertz CT molecular complexity index is 625. The van der Waals surface area contributed by atoms with Crippen LogP contribution >= 0.6 is 28.3 Å². The van der Waals surface area contributed by atoms with Crippen LogP contribution in [0, 0.1) is 0 Å². The van der Waals surface area contributed by atoms with Crippen molar-refractivity contribution in [1.82, 2.24) is 10.3 Å². The first-order chi connectivity index (χ1) is 10.2. The predicted molar refractivity (Wildman–Crippen MR) is 93.8 cm³/mol. The highest BCUT2D eigenvalue weighted by atomic mass is 79.9. The van der Waals surface area contributed by atoms with Crippen molar-refractivity contribution in [3.63, 3.8) is 0 Å².